The van der Waals surface area contributed by atoms with Crippen molar-refractivity contribution in [3.63, 3.8) is 0 Å². The Labute approximate surface area is 198 Å². The molecular formula is C20H35NO9S2. The maximum Gasteiger partial charge on any atom is 0.119 e. The summed E-state index contributed by atoms with van der Waals surface area (Å²) in [6, 6.07) is 5.48. The number of rotatable bonds is 16. The largest absolute Gasteiger partial charge is 0.492 e. The molecule has 0 radical (unpaired) electrons. The minimum atomic E-state index is -1.64. The Morgan fingerprint density at radius 1 is 0.750 bits per heavy atom. The van der Waals surface area contributed by atoms with Crippen LogP contribution in [0.25, 0.3) is 0 Å². The van der Waals surface area contributed by atoms with Crippen LogP contribution in [0.2, 0.25) is 0 Å². The highest BCUT2D eigenvalue weighted by Gasteiger charge is 2.30. The summed E-state index contributed by atoms with van der Waals surface area (Å²) in [6.45, 7) is -1.71. The first kappa shape index (κ1) is 29.4. The number of benzene rings is 1. The Morgan fingerprint density at radius 2 is 1.25 bits per heavy atom. The van der Waals surface area contributed by atoms with Gasteiger partial charge in [-0.2, -0.15) is 25.3 Å². The second-order valence-corrected chi connectivity index (χ2v) is 8.10. The summed E-state index contributed by atoms with van der Waals surface area (Å²) in [6.07, 6.45) is -9.34. The van der Waals surface area contributed by atoms with Crippen LogP contribution in [0.5, 0.6) is 5.75 Å². The molecule has 0 amide bonds. The van der Waals surface area contributed by atoms with Crippen molar-refractivity contribution < 1.29 is 45.6 Å². The summed E-state index contributed by atoms with van der Waals surface area (Å²) in [5.41, 5.74) is 1.99. The zero-order chi connectivity index (χ0) is 24.3. The molecule has 0 aromatic heterocycles. The maximum absolute atomic E-state index is 10.2. The van der Waals surface area contributed by atoms with E-state index in [2.05, 4.69) is 25.3 Å². The number of thiol groups is 2. The van der Waals surface area contributed by atoms with Crippen LogP contribution < -0.4 is 4.74 Å². The molecule has 0 aliphatic carbocycles. The van der Waals surface area contributed by atoms with E-state index in [1.807, 2.05) is 12.1 Å². The number of hydrogen-bond donors (Lipinski definition) is 10. The van der Waals surface area contributed by atoms with Gasteiger partial charge >= 0.3 is 0 Å². The maximum atomic E-state index is 10.2. The van der Waals surface area contributed by atoms with Crippen LogP contribution in [0, 0.1) is 0 Å². The monoisotopic (exact) mass is 497 g/mol. The van der Waals surface area contributed by atoms with E-state index in [0.29, 0.717) is 17.3 Å². The van der Waals surface area contributed by atoms with E-state index in [1.54, 1.807) is 6.07 Å². The zero-order valence-electron chi connectivity index (χ0n) is 17.7. The molecule has 0 spiro atoms. The fourth-order valence-corrected chi connectivity index (χ4v) is 3.62. The Balaban J connectivity index is 2.81. The highest BCUT2D eigenvalue weighted by molar-refractivity contribution is 7.79. The molecule has 0 fully saturated rings. The predicted molar refractivity (Wildman–Crippen MR) is 124 cm³/mol. The predicted octanol–water partition coefficient (Wildman–Crippen LogP) is -2.62. The van der Waals surface area contributed by atoms with Gasteiger partial charge in [-0.1, -0.05) is 6.07 Å². The van der Waals surface area contributed by atoms with E-state index in [-0.39, 0.29) is 26.2 Å². The summed E-state index contributed by atoms with van der Waals surface area (Å²) in [5.74, 6) is 1.64. The van der Waals surface area contributed by atoms with E-state index < -0.39 is 49.8 Å². The SMILES string of the molecule is OC[C@@H](O)[C@@H](O)[C@H](O)CN(CCOc1ccc(CS)c(CS)c1)C[C@@H](O)[C@H](O)[C@H](O)CO. The van der Waals surface area contributed by atoms with Crippen molar-refractivity contribution in [1.82, 2.24) is 4.90 Å². The molecule has 0 aliphatic rings. The van der Waals surface area contributed by atoms with Gasteiger partial charge in [0.2, 0.25) is 0 Å². The van der Waals surface area contributed by atoms with Crippen molar-refractivity contribution in [3.8, 4) is 5.75 Å². The molecule has 1 rings (SSSR count). The molecule has 8 N–H and O–H groups in total. The molecule has 0 bridgehead atoms. The van der Waals surface area contributed by atoms with Gasteiger partial charge in [-0.3, -0.25) is 4.90 Å². The van der Waals surface area contributed by atoms with Crippen molar-refractivity contribution in [1.29, 1.82) is 0 Å². The topological polar surface area (TPSA) is 174 Å². The lowest BCUT2D eigenvalue weighted by Gasteiger charge is -2.32. The normalized spacial score (nSPS) is 17.6. The first-order valence-corrected chi connectivity index (χ1v) is 11.4. The van der Waals surface area contributed by atoms with Crippen molar-refractivity contribution in [3.05, 3.63) is 29.3 Å². The highest BCUT2D eigenvalue weighted by atomic mass is 32.1. The van der Waals surface area contributed by atoms with Crippen LogP contribution in [0.1, 0.15) is 11.1 Å². The summed E-state index contributed by atoms with van der Waals surface area (Å²) >= 11 is 8.56. The van der Waals surface area contributed by atoms with E-state index >= 15 is 0 Å². The summed E-state index contributed by atoms with van der Waals surface area (Å²) < 4.78 is 5.73. The summed E-state index contributed by atoms with van der Waals surface area (Å²) in [4.78, 5) is 1.46. The van der Waals surface area contributed by atoms with Gasteiger partial charge in [0.05, 0.1) is 25.4 Å². The average Bonchev–Trinajstić information content (AvgIpc) is 2.81. The molecule has 0 unspecified atom stereocenters. The smallest absolute Gasteiger partial charge is 0.119 e. The van der Waals surface area contributed by atoms with Gasteiger partial charge in [-0.25, -0.2) is 0 Å². The molecular weight excluding hydrogens is 462 g/mol. The van der Waals surface area contributed by atoms with Gasteiger partial charge in [0.25, 0.3) is 0 Å². The third-order valence-corrected chi connectivity index (χ3v) is 5.72. The second-order valence-electron chi connectivity index (χ2n) is 7.47. The van der Waals surface area contributed by atoms with Crippen LogP contribution >= 0.6 is 25.3 Å². The molecule has 6 atom stereocenters. The molecule has 1 aromatic rings. The molecule has 1 aromatic carbocycles. The van der Waals surface area contributed by atoms with Crippen molar-refractivity contribution >= 4 is 25.3 Å². The van der Waals surface area contributed by atoms with Crippen molar-refractivity contribution in [2.75, 3.05) is 39.5 Å². The number of aliphatic hydroxyl groups is 8. The Bertz CT molecular complexity index is 633. The summed E-state index contributed by atoms with van der Waals surface area (Å²) in [5, 5.41) is 77.1. The molecule has 186 valence electrons. The van der Waals surface area contributed by atoms with Gasteiger partial charge in [0, 0.05) is 31.1 Å². The van der Waals surface area contributed by atoms with Gasteiger partial charge in [-0.15, -0.1) is 0 Å². The van der Waals surface area contributed by atoms with Crippen LogP contribution in [0.15, 0.2) is 18.2 Å². The number of hydrogen-bond acceptors (Lipinski definition) is 12. The minimum Gasteiger partial charge on any atom is -0.492 e. The van der Waals surface area contributed by atoms with E-state index in [1.165, 1.54) is 4.90 Å². The van der Waals surface area contributed by atoms with Crippen LogP contribution in [-0.2, 0) is 11.5 Å². The second kappa shape index (κ2) is 15.3. The van der Waals surface area contributed by atoms with E-state index in [9.17, 15) is 30.6 Å². The van der Waals surface area contributed by atoms with Crippen LogP contribution in [0.4, 0.5) is 0 Å². The Kier molecular flexibility index (Phi) is 14.1. The zero-order valence-corrected chi connectivity index (χ0v) is 19.5. The van der Waals surface area contributed by atoms with Gasteiger partial charge in [0.1, 0.15) is 36.8 Å². The fraction of sp³-hybridized carbons (Fsp3) is 0.700. The molecule has 0 saturated carbocycles. The first-order chi connectivity index (χ1) is 15.2. The molecule has 0 aliphatic heterocycles. The van der Waals surface area contributed by atoms with E-state index in [4.69, 9.17) is 14.9 Å². The lowest BCUT2D eigenvalue weighted by atomic mass is 10.1. The Morgan fingerprint density at radius 3 is 1.69 bits per heavy atom. The molecule has 0 saturated heterocycles. The highest BCUT2D eigenvalue weighted by Crippen LogP contribution is 2.21. The number of aliphatic hydroxyl groups excluding tert-OH is 8. The fourth-order valence-electron chi connectivity index (χ4n) is 3.02. The quantitative estimate of drug-likeness (QED) is 0.109. The average molecular weight is 498 g/mol. The lowest BCUT2D eigenvalue weighted by Crippen LogP contribution is -2.51. The first-order valence-electron chi connectivity index (χ1n) is 10.2. The third-order valence-electron chi connectivity index (χ3n) is 5.04. The van der Waals surface area contributed by atoms with Gasteiger partial charge in [0.15, 0.2) is 0 Å². The van der Waals surface area contributed by atoms with Crippen LogP contribution in [0.3, 0.4) is 0 Å². The van der Waals surface area contributed by atoms with E-state index in [0.717, 1.165) is 11.1 Å². The summed E-state index contributed by atoms with van der Waals surface area (Å²) in [7, 11) is 0. The molecule has 12 heteroatoms. The third kappa shape index (κ3) is 9.31. The number of ether oxygens (including phenoxy) is 1. The lowest BCUT2D eigenvalue weighted by molar-refractivity contribution is -0.101. The van der Waals surface area contributed by atoms with Crippen molar-refractivity contribution in [2.45, 2.75) is 48.1 Å². The number of nitrogens with zero attached hydrogens (tertiary/aromatic N) is 1. The standard InChI is InChI=1S/C20H35NO9S2/c22-8-17(26)19(28)15(24)6-21(7-16(25)20(29)18(27)9-23)3-4-30-14-2-1-12(10-31)13(5-14)11-32/h1-2,5,15-20,22-29,31-32H,3-4,6-11H2/t15-,16-,17-,18-,19+,20+/m1/s1. The van der Waals surface area contributed by atoms with Crippen molar-refractivity contribution in [2.24, 2.45) is 0 Å². The molecule has 0 heterocycles. The molecule has 10 nitrogen and oxygen atoms in total. The Hall–Kier alpha value is -0.640. The van der Waals surface area contributed by atoms with Gasteiger partial charge < -0.3 is 45.6 Å². The van der Waals surface area contributed by atoms with Crippen LogP contribution in [-0.4, -0.2) is 122 Å². The van der Waals surface area contributed by atoms with Gasteiger partial charge in [-0.05, 0) is 23.3 Å². The minimum absolute atomic E-state index is 0.114. The molecule has 32 heavy (non-hydrogen) atoms.